The Balaban J connectivity index is 2.82. The summed E-state index contributed by atoms with van der Waals surface area (Å²) in [6.07, 6.45) is 0. The minimum absolute atomic E-state index is 0.00278. The SMILES string of the molecule is NCCNCS(=O)[O-]. The van der Waals surface area contributed by atoms with Crippen molar-refractivity contribution in [1.29, 1.82) is 0 Å². The first-order valence-corrected chi connectivity index (χ1v) is 3.48. The highest BCUT2D eigenvalue weighted by Gasteiger charge is 1.79. The maximum atomic E-state index is 9.77. The molecule has 4 nitrogen and oxygen atoms in total. The summed E-state index contributed by atoms with van der Waals surface area (Å²) >= 11 is -1.98. The van der Waals surface area contributed by atoms with Gasteiger partial charge in [0.1, 0.15) is 0 Å². The Hall–Kier alpha value is 0.0300. The number of rotatable bonds is 4. The smallest absolute Gasteiger partial charge is 0.0588 e. The number of nitrogens with two attached hydrogens (primary N) is 1. The highest BCUT2D eigenvalue weighted by atomic mass is 32.2. The van der Waals surface area contributed by atoms with E-state index in [9.17, 15) is 8.76 Å². The zero-order valence-corrected chi connectivity index (χ0v) is 5.24. The van der Waals surface area contributed by atoms with Gasteiger partial charge in [-0.2, -0.15) is 0 Å². The van der Waals surface area contributed by atoms with Gasteiger partial charge in [0.05, 0.1) is 5.88 Å². The first kappa shape index (κ1) is 8.03. The molecule has 0 saturated heterocycles. The molecule has 0 saturated carbocycles. The fourth-order valence-corrected chi connectivity index (χ4v) is 0.569. The predicted molar refractivity (Wildman–Crippen MR) is 30.8 cm³/mol. The van der Waals surface area contributed by atoms with E-state index in [1.54, 1.807) is 0 Å². The Bertz CT molecular complexity index is 77.7. The van der Waals surface area contributed by atoms with Crippen molar-refractivity contribution in [2.75, 3.05) is 19.0 Å². The molecule has 0 aliphatic carbocycles. The van der Waals surface area contributed by atoms with Crippen LogP contribution < -0.4 is 11.1 Å². The lowest BCUT2D eigenvalue weighted by Crippen LogP contribution is -2.25. The number of hydrogen-bond donors (Lipinski definition) is 2. The molecule has 0 rings (SSSR count). The Labute approximate surface area is 50.7 Å². The van der Waals surface area contributed by atoms with Crippen molar-refractivity contribution in [3.05, 3.63) is 0 Å². The number of hydrogen-bond acceptors (Lipinski definition) is 4. The van der Waals surface area contributed by atoms with E-state index in [0.717, 1.165) is 0 Å². The lowest BCUT2D eigenvalue weighted by atomic mass is 10.7. The molecular weight excluding hydrogens is 128 g/mol. The van der Waals surface area contributed by atoms with E-state index >= 15 is 0 Å². The minimum atomic E-state index is -1.98. The van der Waals surface area contributed by atoms with Crippen LogP contribution >= 0.6 is 0 Å². The van der Waals surface area contributed by atoms with Gasteiger partial charge in [-0.1, -0.05) is 0 Å². The summed E-state index contributed by atoms with van der Waals surface area (Å²) < 4.78 is 19.5. The van der Waals surface area contributed by atoms with Crippen LogP contribution in [0.5, 0.6) is 0 Å². The molecule has 0 aromatic carbocycles. The molecule has 0 aliphatic heterocycles. The lowest BCUT2D eigenvalue weighted by Gasteiger charge is -2.03. The normalized spacial score (nSPS) is 13.8. The molecule has 0 bridgehead atoms. The molecule has 0 radical (unpaired) electrons. The van der Waals surface area contributed by atoms with Crippen LogP contribution in [0, 0.1) is 0 Å². The van der Waals surface area contributed by atoms with Crippen LogP contribution in [0.15, 0.2) is 0 Å². The van der Waals surface area contributed by atoms with Crippen molar-refractivity contribution in [1.82, 2.24) is 5.32 Å². The van der Waals surface area contributed by atoms with Crippen molar-refractivity contribution in [3.63, 3.8) is 0 Å². The van der Waals surface area contributed by atoms with Gasteiger partial charge in [0.2, 0.25) is 0 Å². The molecule has 1 unspecified atom stereocenters. The van der Waals surface area contributed by atoms with Crippen molar-refractivity contribution < 1.29 is 8.76 Å². The summed E-state index contributed by atoms with van der Waals surface area (Å²) in [5.74, 6) is -0.00278. The van der Waals surface area contributed by atoms with E-state index in [4.69, 9.17) is 5.73 Å². The van der Waals surface area contributed by atoms with E-state index in [2.05, 4.69) is 5.32 Å². The Morgan fingerprint density at radius 1 is 1.75 bits per heavy atom. The Morgan fingerprint density at radius 2 is 2.38 bits per heavy atom. The van der Waals surface area contributed by atoms with E-state index < -0.39 is 11.1 Å². The summed E-state index contributed by atoms with van der Waals surface area (Å²) in [6.45, 7) is 1.02. The monoisotopic (exact) mass is 137 g/mol. The van der Waals surface area contributed by atoms with E-state index in [0.29, 0.717) is 13.1 Å². The van der Waals surface area contributed by atoms with Crippen LogP contribution in [0.25, 0.3) is 0 Å². The molecule has 0 aromatic rings. The van der Waals surface area contributed by atoms with E-state index in [1.165, 1.54) is 0 Å². The van der Waals surface area contributed by atoms with Gasteiger partial charge in [0.25, 0.3) is 0 Å². The fraction of sp³-hybridized carbons (Fsp3) is 1.00. The molecule has 3 N–H and O–H groups in total. The molecule has 0 heterocycles. The second-order valence-corrected chi connectivity index (χ2v) is 2.13. The van der Waals surface area contributed by atoms with E-state index in [1.807, 2.05) is 0 Å². The summed E-state index contributed by atoms with van der Waals surface area (Å²) in [6, 6.07) is 0. The van der Waals surface area contributed by atoms with Crippen molar-refractivity contribution in [3.8, 4) is 0 Å². The third-order valence-electron chi connectivity index (χ3n) is 0.541. The van der Waals surface area contributed by atoms with E-state index in [-0.39, 0.29) is 5.88 Å². The standard InChI is InChI=1S/C3H10N2O2S/c4-1-2-5-3-8(6)7/h5H,1-4H2,(H,6,7)/p-1. The Kier molecular flexibility index (Phi) is 5.19. The maximum Gasteiger partial charge on any atom is 0.0588 e. The van der Waals surface area contributed by atoms with Gasteiger partial charge < -0.3 is 15.6 Å². The van der Waals surface area contributed by atoms with Crippen molar-refractivity contribution in [2.24, 2.45) is 5.73 Å². The predicted octanol–water partition coefficient (Wildman–Crippen LogP) is -1.63. The largest absolute Gasteiger partial charge is 0.771 e. The molecular formula is C3H9N2O2S-. The second-order valence-electron chi connectivity index (χ2n) is 1.24. The van der Waals surface area contributed by atoms with Gasteiger partial charge in [-0.25, -0.2) is 0 Å². The van der Waals surface area contributed by atoms with Crippen molar-refractivity contribution >= 4 is 11.1 Å². The molecule has 0 aliphatic rings. The van der Waals surface area contributed by atoms with Crippen molar-refractivity contribution in [2.45, 2.75) is 0 Å². The Morgan fingerprint density at radius 3 is 2.75 bits per heavy atom. The molecule has 1 atom stereocenters. The summed E-state index contributed by atoms with van der Waals surface area (Å²) in [4.78, 5) is 0. The van der Waals surface area contributed by atoms with Crippen LogP contribution in [-0.2, 0) is 11.1 Å². The van der Waals surface area contributed by atoms with Crippen LogP contribution in [0.2, 0.25) is 0 Å². The van der Waals surface area contributed by atoms with Gasteiger partial charge >= 0.3 is 0 Å². The third kappa shape index (κ3) is 6.03. The molecule has 0 fully saturated rings. The lowest BCUT2D eigenvalue weighted by molar-refractivity contribution is 0.530. The first-order chi connectivity index (χ1) is 3.77. The average molecular weight is 137 g/mol. The molecule has 0 aromatic heterocycles. The summed E-state index contributed by atoms with van der Waals surface area (Å²) in [5, 5.41) is 2.60. The van der Waals surface area contributed by atoms with Gasteiger partial charge in [-0.05, 0) is 11.1 Å². The molecule has 0 spiro atoms. The highest BCUT2D eigenvalue weighted by molar-refractivity contribution is 7.79. The van der Waals surface area contributed by atoms with Gasteiger partial charge in [0.15, 0.2) is 0 Å². The first-order valence-electron chi connectivity index (χ1n) is 2.24. The topological polar surface area (TPSA) is 78.2 Å². The van der Waals surface area contributed by atoms with Crippen LogP contribution in [0.1, 0.15) is 0 Å². The third-order valence-corrected chi connectivity index (χ3v) is 0.981. The van der Waals surface area contributed by atoms with Gasteiger partial charge in [-0.3, -0.25) is 4.21 Å². The van der Waals surface area contributed by atoms with Crippen LogP contribution in [-0.4, -0.2) is 27.7 Å². The zero-order chi connectivity index (χ0) is 6.41. The average Bonchev–Trinajstić information content (AvgIpc) is 1.66. The molecule has 0 amide bonds. The maximum absolute atomic E-state index is 9.77. The summed E-state index contributed by atoms with van der Waals surface area (Å²) in [5.41, 5.74) is 5.05. The molecule has 8 heavy (non-hydrogen) atoms. The number of nitrogens with one attached hydrogen (secondary N) is 1. The van der Waals surface area contributed by atoms with Gasteiger partial charge in [0, 0.05) is 13.1 Å². The zero-order valence-electron chi connectivity index (χ0n) is 4.42. The minimum Gasteiger partial charge on any atom is -0.771 e. The second kappa shape index (κ2) is 5.17. The summed E-state index contributed by atoms with van der Waals surface area (Å²) in [7, 11) is 0. The fourth-order valence-electron chi connectivity index (χ4n) is 0.258. The highest BCUT2D eigenvalue weighted by Crippen LogP contribution is 1.63. The molecule has 5 heteroatoms. The van der Waals surface area contributed by atoms with Gasteiger partial charge in [-0.15, -0.1) is 0 Å². The van der Waals surface area contributed by atoms with Crippen LogP contribution in [0.4, 0.5) is 0 Å². The van der Waals surface area contributed by atoms with Crippen LogP contribution in [0.3, 0.4) is 0 Å². The quantitative estimate of drug-likeness (QED) is 0.360. The molecule has 50 valence electrons.